The number of nitrogens with zero attached hydrogens (tertiary/aromatic N) is 8. The Hall–Kier alpha value is -4.68. The van der Waals surface area contributed by atoms with Crippen LogP contribution in [-0.2, 0) is 112 Å². The number of aromatic nitrogens is 7. The van der Waals surface area contributed by atoms with Gasteiger partial charge in [0.05, 0.1) is 59.3 Å². The first-order valence-corrected chi connectivity index (χ1v) is 39.2. The van der Waals surface area contributed by atoms with Gasteiger partial charge in [0.1, 0.15) is 78.4 Å². The van der Waals surface area contributed by atoms with Crippen molar-refractivity contribution < 1.29 is 184 Å². The topological polar surface area (TPSA) is 795 Å². The van der Waals surface area contributed by atoms with Crippen molar-refractivity contribution in [2.75, 3.05) is 37.0 Å². The van der Waals surface area contributed by atoms with E-state index < -0.39 is 162 Å². The third kappa shape index (κ3) is 18.8. The van der Waals surface area contributed by atoms with E-state index in [0.717, 1.165) is 6.33 Å². The molecule has 0 aromatic carbocycles. The van der Waals surface area contributed by atoms with Crippen molar-refractivity contribution in [1.29, 1.82) is 5.26 Å². The number of rotatable bonds is 24. The summed E-state index contributed by atoms with van der Waals surface area (Å²) in [6, 6.07) is 13.6. The summed E-state index contributed by atoms with van der Waals surface area (Å²) in [6.45, 7) is -1.63. The van der Waals surface area contributed by atoms with Gasteiger partial charge in [0, 0.05) is 12.4 Å². The Morgan fingerprint density at radius 2 is 0.816 bits per heavy atom. The second-order valence-corrected chi connectivity index (χ2v) is 33.3. The molecule has 98 heavy (non-hydrogen) atoms. The van der Waals surface area contributed by atoms with Gasteiger partial charge in [0.2, 0.25) is 5.60 Å². The average molecular weight is 1580 g/mol. The minimum absolute atomic E-state index is 0.0420. The van der Waals surface area contributed by atoms with E-state index in [1.54, 1.807) is 24.3 Å². The molecular weight excluding hydrogens is 1530 g/mol. The molecule has 24 N–H and O–H groups in total. The van der Waals surface area contributed by atoms with Crippen LogP contribution in [0, 0.1) is 23.7 Å². The predicted molar refractivity (Wildman–Crippen MR) is 312 cm³/mol. The van der Waals surface area contributed by atoms with E-state index in [-0.39, 0.29) is 28.6 Å². The summed E-state index contributed by atoms with van der Waals surface area (Å²) in [5.41, 5.74) is 13.7. The number of aliphatic hydroxyl groups is 6. The number of nitrogens with two attached hydrogens (primary N) is 3. The Morgan fingerprint density at radius 1 is 0.480 bits per heavy atom. The number of phosphoric acid groups is 9. The number of terminal acetylenes is 1. The summed E-state index contributed by atoms with van der Waals surface area (Å²) >= 11 is 0. The fraction of sp³-hybridized carbons (Fsp3) is 0.410. The number of hydrogen-bond donors (Lipinski definition) is 21. The molecule has 9 rings (SSSR count). The Morgan fingerprint density at radius 3 is 1.21 bits per heavy atom. The minimum atomic E-state index is -5.76. The molecule has 0 radical (unpaired) electrons. The number of phosphoric ester groups is 3. The lowest BCUT2D eigenvalue weighted by Crippen LogP contribution is -2.41. The Bertz CT molecular complexity index is 4320. The first-order chi connectivity index (χ1) is 44.8. The monoisotopic (exact) mass is 1580 g/mol. The highest BCUT2D eigenvalue weighted by Gasteiger charge is 2.60. The molecular formula is C39H54N11O39P9. The maximum atomic E-state index is 11.9. The molecule has 18 atom stereocenters. The van der Waals surface area contributed by atoms with E-state index >= 15 is 0 Å². The number of fused-ring (bicyclic) bond motifs is 3. The van der Waals surface area contributed by atoms with E-state index in [9.17, 15) is 96.6 Å². The van der Waals surface area contributed by atoms with Crippen LogP contribution in [0.3, 0.4) is 0 Å². The van der Waals surface area contributed by atoms with Gasteiger partial charge in [-0.3, -0.25) is 13.6 Å². The summed E-state index contributed by atoms with van der Waals surface area (Å²) in [6.07, 6.45) is -5.95. The van der Waals surface area contributed by atoms with E-state index in [0.29, 0.717) is 22.2 Å². The highest BCUT2D eigenvalue weighted by molar-refractivity contribution is 7.67. The molecule has 0 aliphatic carbocycles. The quantitative estimate of drug-likeness (QED) is 0.0217. The van der Waals surface area contributed by atoms with Crippen LogP contribution in [-0.4, -0.2) is 198 Å². The van der Waals surface area contributed by atoms with Crippen LogP contribution in [0.1, 0.15) is 24.0 Å². The van der Waals surface area contributed by atoms with Gasteiger partial charge >= 0.3 is 70.4 Å². The van der Waals surface area contributed by atoms with Crippen LogP contribution in [0.5, 0.6) is 0 Å². The SMILES string of the molecule is C#C[C@@]1(c2ccc3c(N)ncnn23)O[C@H](COP(=O)(O)OP(=O)(O)OP(=O)(O)O)[C@@H](O)[C@H]1O.C[C@@]1(c2ccc3c(N)ccnn23)O[C@H](COP(=O)(O)OP(=O)(O)OP(=O)(O)O)[C@@H](O)[C@H]1O.N#C[C@@]1(c2ccc3c(N)ccnn23)O[C@H](COP(=O)(O)OP(=O)(O)OP(=O)(O)O)[C@@H](O)[C@H]1O. The molecule has 50 nitrogen and oxygen atoms in total. The second-order valence-electron chi connectivity index (χ2n) is 20.0. The zero-order valence-corrected chi connectivity index (χ0v) is 56.3. The number of aliphatic hydroxyl groups excluding tert-OH is 6. The lowest BCUT2D eigenvalue weighted by atomic mass is 9.92. The molecule has 6 unspecified atom stereocenters. The van der Waals surface area contributed by atoms with Gasteiger partial charge in [-0.05, 0) is 55.5 Å². The lowest BCUT2D eigenvalue weighted by molar-refractivity contribution is -0.0882. The largest absolute Gasteiger partial charge is 0.490 e. The van der Waals surface area contributed by atoms with Crippen LogP contribution in [0.4, 0.5) is 17.2 Å². The van der Waals surface area contributed by atoms with Crippen LogP contribution >= 0.6 is 70.4 Å². The zero-order valence-electron chi connectivity index (χ0n) is 48.2. The number of ether oxygens (including phenoxy) is 3. The van der Waals surface area contributed by atoms with Crippen molar-refractivity contribution in [3.63, 3.8) is 0 Å². The zero-order chi connectivity index (χ0) is 73.8. The lowest BCUT2D eigenvalue weighted by Gasteiger charge is -2.27. The first kappa shape index (κ1) is 80.6. The van der Waals surface area contributed by atoms with E-state index in [1.165, 1.54) is 63.2 Å². The molecule has 0 spiro atoms. The minimum Gasteiger partial charge on any atom is -0.397 e. The highest BCUT2D eigenvalue weighted by Crippen LogP contribution is 2.69. The normalized spacial score (nSPS) is 29.7. The van der Waals surface area contributed by atoms with Crippen molar-refractivity contribution in [2.45, 2.75) is 78.7 Å². The molecule has 3 aliphatic rings. The Balaban J connectivity index is 0.000000207. The summed E-state index contributed by atoms with van der Waals surface area (Å²) in [5.74, 6) is 2.27. The Kier molecular flexibility index (Phi) is 24.0. The molecule has 0 saturated carbocycles. The summed E-state index contributed by atoms with van der Waals surface area (Å²) < 4.78 is 157. The molecule has 0 bridgehead atoms. The van der Waals surface area contributed by atoms with Gasteiger partial charge < -0.3 is 121 Å². The third-order valence-electron chi connectivity index (χ3n) is 13.3. The van der Waals surface area contributed by atoms with Gasteiger partial charge in [-0.2, -0.15) is 46.4 Å². The highest BCUT2D eigenvalue weighted by atomic mass is 31.3. The van der Waals surface area contributed by atoms with E-state index in [1.807, 2.05) is 0 Å². The van der Waals surface area contributed by atoms with Crippen molar-refractivity contribution in [3.8, 4) is 18.4 Å². The average Bonchev–Trinajstić information content (AvgIpc) is 1.59. The van der Waals surface area contributed by atoms with Crippen molar-refractivity contribution in [1.82, 2.24) is 33.8 Å². The second kappa shape index (κ2) is 29.2. The number of nitriles is 1. The van der Waals surface area contributed by atoms with Gasteiger partial charge in [0.15, 0.2) is 11.4 Å². The molecule has 6 aromatic rings. The first-order valence-electron chi connectivity index (χ1n) is 25.7. The van der Waals surface area contributed by atoms with Gasteiger partial charge in [0.25, 0.3) is 0 Å². The van der Waals surface area contributed by atoms with Crippen LogP contribution in [0.25, 0.3) is 16.6 Å². The standard InChI is InChI=1S/2C13H17N4O13P3.C13H20N3O13P3/c1-2-13(9-4-3-7-12(14)15-6-16-17(7)9)11(19)10(18)8(28-13)5-27-32(23,24)30-33(25,26)29-31(20,21)22;14-6-13(10-2-1-8-7(15)3-4-16-17(8)10)12(19)11(18)9(28-13)5-27-32(23,24)30-33(25,26)29-31(20,21)22;1-13(10-3-2-8-7(14)4-5-15-16(8)10)12(18)11(17)9(27-13)6-26-31(22,23)29-32(24,25)28-30(19,20)21/h1,3-4,6,8,10-11,18-19H,5H2,(H,23,24)(H,25,26)(H2,14,15,16)(H2,20,21,22);1-4,9,11-12,18-19H,5,15H2,(H,23,24)(H,25,26)(H2,20,21,22);2-5,9,11-12,17-18H,6,14H2,1H3,(H,22,23)(H,24,25)(H2,19,20,21)/t8-,10-,11-,13+;2*9-,11-,12-,13+/m111/s1. The molecule has 544 valence electrons. The number of hydrogen-bond acceptors (Lipinski definition) is 35. The van der Waals surface area contributed by atoms with Crippen molar-refractivity contribution in [3.05, 3.63) is 84.3 Å². The number of anilines is 3. The molecule has 0 amide bonds. The molecule has 3 aliphatic heterocycles. The summed E-state index contributed by atoms with van der Waals surface area (Å²) in [4.78, 5) is 111. The summed E-state index contributed by atoms with van der Waals surface area (Å²) in [5, 5.41) is 84.6. The van der Waals surface area contributed by atoms with Gasteiger partial charge in [-0.15, -0.1) is 6.42 Å². The van der Waals surface area contributed by atoms with Crippen LogP contribution < -0.4 is 17.2 Å². The molecule has 3 fully saturated rings. The van der Waals surface area contributed by atoms with Gasteiger partial charge in [-0.25, -0.2) is 59.6 Å². The fourth-order valence-corrected chi connectivity index (χ4v) is 18.5. The van der Waals surface area contributed by atoms with E-state index in [2.05, 4.69) is 65.6 Å². The number of nitrogen functional groups attached to an aromatic ring is 3. The maximum Gasteiger partial charge on any atom is 0.490 e. The molecule has 3 saturated heterocycles. The maximum absolute atomic E-state index is 11.9. The summed E-state index contributed by atoms with van der Waals surface area (Å²) in [7, 11) is -50.4. The fourth-order valence-electron chi connectivity index (χ4n) is 9.38. The van der Waals surface area contributed by atoms with Crippen molar-refractivity contribution in [2.24, 2.45) is 0 Å². The van der Waals surface area contributed by atoms with Gasteiger partial charge in [-0.1, -0.05) is 5.92 Å². The van der Waals surface area contributed by atoms with Crippen molar-refractivity contribution >= 4 is 104 Å². The Labute approximate surface area is 544 Å². The smallest absolute Gasteiger partial charge is 0.397 e. The van der Waals surface area contributed by atoms with Crippen LogP contribution in [0.15, 0.2) is 67.3 Å². The van der Waals surface area contributed by atoms with Crippen LogP contribution in [0.2, 0.25) is 0 Å². The van der Waals surface area contributed by atoms with E-state index in [4.69, 9.17) is 77.0 Å². The third-order valence-corrected chi connectivity index (χ3v) is 24.7. The molecule has 59 heteroatoms. The predicted octanol–water partition coefficient (Wildman–Crippen LogP) is -2.70. The molecule has 9 heterocycles. The molecule has 6 aromatic heterocycles.